The molecule has 3 rings (SSSR count). The summed E-state index contributed by atoms with van der Waals surface area (Å²) in [5.74, 6) is 0.00475. The summed E-state index contributed by atoms with van der Waals surface area (Å²) < 4.78 is 58.3. The van der Waals surface area contributed by atoms with Crippen molar-refractivity contribution in [2.45, 2.75) is 28.9 Å². The predicted octanol–water partition coefficient (Wildman–Crippen LogP) is 4.30. The molecule has 0 amide bonds. The van der Waals surface area contributed by atoms with Gasteiger partial charge in [-0.1, -0.05) is 47.5 Å². The molecule has 0 aliphatic carbocycles. The zero-order valence-electron chi connectivity index (χ0n) is 17.1. The topological polar surface area (TPSA) is 77.5 Å². The Bertz CT molecular complexity index is 1210. The summed E-state index contributed by atoms with van der Waals surface area (Å²) in [6.45, 7) is 3.72. The fraction of sp³-hybridized carbons (Fsp3) is 0.217. The lowest BCUT2D eigenvalue weighted by atomic mass is 10.1. The van der Waals surface area contributed by atoms with E-state index < -0.39 is 30.7 Å². The van der Waals surface area contributed by atoms with Crippen molar-refractivity contribution in [2.75, 3.05) is 12.9 Å². The van der Waals surface area contributed by atoms with Gasteiger partial charge in [0.15, 0.2) is 19.7 Å². The average Bonchev–Trinajstić information content (AvgIpc) is 2.73. The molecule has 1 atom stereocenters. The van der Waals surface area contributed by atoms with Crippen LogP contribution >= 0.6 is 0 Å². The zero-order valence-corrected chi connectivity index (χ0v) is 18.7. The maximum Gasteiger partial charge on any atom is 0.186 e. The van der Waals surface area contributed by atoms with Crippen molar-refractivity contribution in [3.05, 3.63) is 89.5 Å². The Morgan fingerprint density at radius 2 is 1.17 bits per heavy atom. The first kappa shape index (κ1) is 22.1. The standard InChI is InChI=1S/C23H24O5S2/c1-17-4-12-21(13-5-17)29(24,25)16-23(19-8-10-20(28-3)11-9-19)30(26,27)22-14-6-18(2)7-15-22/h4-15,23H,16H2,1-3H3. The lowest BCUT2D eigenvalue weighted by Gasteiger charge is -2.19. The van der Waals surface area contributed by atoms with Gasteiger partial charge in [-0.15, -0.1) is 0 Å². The molecule has 0 spiro atoms. The maximum absolute atomic E-state index is 13.5. The van der Waals surface area contributed by atoms with Crippen molar-refractivity contribution >= 4 is 19.7 Å². The molecule has 158 valence electrons. The molecule has 0 heterocycles. The van der Waals surface area contributed by atoms with E-state index >= 15 is 0 Å². The average molecular weight is 445 g/mol. The van der Waals surface area contributed by atoms with Crippen molar-refractivity contribution in [3.8, 4) is 5.75 Å². The summed E-state index contributed by atoms with van der Waals surface area (Å²) in [4.78, 5) is 0.193. The van der Waals surface area contributed by atoms with Crippen LogP contribution < -0.4 is 4.74 Å². The molecule has 0 fully saturated rings. The quantitative estimate of drug-likeness (QED) is 0.543. The minimum atomic E-state index is -3.96. The molecule has 0 aliphatic rings. The molecule has 3 aromatic carbocycles. The Morgan fingerprint density at radius 3 is 1.63 bits per heavy atom. The molecule has 30 heavy (non-hydrogen) atoms. The summed E-state index contributed by atoms with van der Waals surface area (Å²) in [5, 5.41) is -1.25. The van der Waals surface area contributed by atoms with Crippen molar-refractivity contribution in [1.82, 2.24) is 0 Å². The second kappa shape index (κ2) is 8.62. The molecular formula is C23H24O5S2. The lowest BCUT2D eigenvalue weighted by molar-refractivity contribution is 0.414. The fourth-order valence-corrected chi connectivity index (χ4v) is 7.06. The van der Waals surface area contributed by atoms with Crippen molar-refractivity contribution in [2.24, 2.45) is 0 Å². The maximum atomic E-state index is 13.5. The number of ether oxygens (including phenoxy) is 1. The van der Waals surface area contributed by atoms with Gasteiger partial charge in [0.25, 0.3) is 0 Å². The number of sulfone groups is 2. The number of methoxy groups -OCH3 is 1. The number of aryl methyl sites for hydroxylation is 2. The van der Waals surface area contributed by atoms with E-state index in [0.29, 0.717) is 11.3 Å². The molecule has 0 bridgehead atoms. The summed E-state index contributed by atoms with van der Waals surface area (Å²) in [6, 6.07) is 19.3. The molecule has 7 heteroatoms. The van der Waals surface area contributed by atoms with Crippen LogP contribution in [-0.4, -0.2) is 29.7 Å². The molecule has 0 aliphatic heterocycles. The number of rotatable bonds is 7. The zero-order chi connectivity index (χ0) is 21.9. The molecule has 0 aromatic heterocycles. The van der Waals surface area contributed by atoms with Crippen LogP contribution in [-0.2, 0) is 19.7 Å². The van der Waals surface area contributed by atoms with E-state index in [4.69, 9.17) is 4.74 Å². The monoisotopic (exact) mass is 444 g/mol. The smallest absolute Gasteiger partial charge is 0.186 e. The highest BCUT2D eigenvalue weighted by Gasteiger charge is 2.34. The van der Waals surface area contributed by atoms with Gasteiger partial charge in [0.1, 0.15) is 11.0 Å². The van der Waals surface area contributed by atoms with Crippen molar-refractivity contribution < 1.29 is 21.6 Å². The van der Waals surface area contributed by atoms with E-state index in [1.54, 1.807) is 48.5 Å². The van der Waals surface area contributed by atoms with Crippen LogP contribution in [0.25, 0.3) is 0 Å². The number of hydrogen-bond donors (Lipinski definition) is 0. The van der Waals surface area contributed by atoms with Crippen molar-refractivity contribution in [1.29, 1.82) is 0 Å². The molecule has 0 N–H and O–H groups in total. The van der Waals surface area contributed by atoms with Crippen molar-refractivity contribution in [3.63, 3.8) is 0 Å². The first-order valence-corrected chi connectivity index (χ1v) is 12.6. The van der Waals surface area contributed by atoms with Gasteiger partial charge in [-0.05, 0) is 55.8 Å². The van der Waals surface area contributed by atoms with E-state index in [-0.39, 0.29) is 9.79 Å². The fourth-order valence-electron chi connectivity index (χ4n) is 3.12. The Balaban J connectivity index is 2.09. The summed E-state index contributed by atoms with van der Waals surface area (Å²) in [5.41, 5.74) is 2.24. The highest BCUT2D eigenvalue weighted by molar-refractivity contribution is 7.95. The minimum Gasteiger partial charge on any atom is -0.497 e. The Kier molecular flexibility index (Phi) is 6.33. The van der Waals surface area contributed by atoms with Crippen LogP contribution in [0, 0.1) is 13.8 Å². The van der Waals surface area contributed by atoms with Crippen LogP contribution in [0.2, 0.25) is 0 Å². The Hall–Kier alpha value is -2.64. The Labute approximate surface area is 178 Å². The molecule has 0 saturated heterocycles. The summed E-state index contributed by atoms with van der Waals surface area (Å²) >= 11 is 0. The van der Waals surface area contributed by atoms with E-state index in [9.17, 15) is 16.8 Å². The molecule has 1 unspecified atom stereocenters. The van der Waals surface area contributed by atoms with E-state index in [0.717, 1.165) is 11.1 Å². The van der Waals surface area contributed by atoms with E-state index in [1.165, 1.54) is 31.4 Å². The molecule has 0 saturated carbocycles. The van der Waals surface area contributed by atoms with Gasteiger partial charge in [0, 0.05) is 0 Å². The molecule has 0 radical (unpaired) electrons. The first-order valence-electron chi connectivity index (χ1n) is 9.37. The SMILES string of the molecule is COc1ccc(C(CS(=O)(=O)c2ccc(C)cc2)S(=O)(=O)c2ccc(C)cc2)cc1. The van der Waals surface area contributed by atoms with Crippen LogP contribution in [0.5, 0.6) is 5.75 Å². The molecule has 5 nitrogen and oxygen atoms in total. The van der Waals surface area contributed by atoms with Crippen LogP contribution in [0.15, 0.2) is 82.6 Å². The van der Waals surface area contributed by atoms with Gasteiger partial charge in [-0.2, -0.15) is 0 Å². The Morgan fingerprint density at radius 1 is 0.700 bits per heavy atom. The van der Waals surface area contributed by atoms with E-state index in [1.807, 2.05) is 13.8 Å². The minimum absolute atomic E-state index is 0.0908. The van der Waals surface area contributed by atoms with Gasteiger partial charge in [-0.25, -0.2) is 16.8 Å². The van der Waals surface area contributed by atoms with Crippen LogP contribution in [0.1, 0.15) is 21.9 Å². The third kappa shape index (κ3) is 4.74. The highest BCUT2D eigenvalue weighted by Crippen LogP contribution is 2.33. The summed E-state index contributed by atoms with van der Waals surface area (Å²) in [7, 11) is -6.30. The van der Waals surface area contributed by atoms with Gasteiger partial charge in [0.05, 0.1) is 22.7 Å². The second-order valence-electron chi connectivity index (χ2n) is 7.21. The van der Waals surface area contributed by atoms with E-state index in [2.05, 4.69) is 0 Å². The third-order valence-corrected chi connectivity index (χ3v) is 9.05. The summed E-state index contributed by atoms with van der Waals surface area (Å²) in [6.07, 6.45) is 0. The van der Waals surface area contributed by atoms with Gasteiger partial charge < -0.3 is 4.74 Å². The molecule has 3 aromatic rings. The van der Waals surface area contributed by atoms with Gasteiger partial charge >= 0.3 is 0 Å². The third-order valence-electron chi connectivity index (χ3n) is 4.96. The van der Waals surface area contributed by atoms with Crippen LogP contribution in [0.3, 0.4) is 0 Å². The number of hydrogen-bond acceptors (Lipinski definition) is 5. The highest BCUT2D eigenvalue weighted by atomic mass is 32.2. The molecular weight excluding hydrogens is 420 g/mol. The van der Waals surface area contributed by atoms with Crippen LogP contribution in [0.4, 0.5) is 0 Å². The lowest BCUT2D eigenvalue weighted by Crippen LogP contribution is -2.23. The van der Waals surface area contributed by atoms with Gasteiger partial charge in [0.2, 0.25) is 0 Å². The first-order chi connectivity index (χ1) is 14.1. The second-order valence-corrected chi connectivity index (χ2v) is 11.4. The van der Waals surface area contributed by atoms with Gasteiger partial charge in [-0.3, -0.25) is 0 Å². The largest absolute Gasteiger partial charge is 0.497 e. The normalized spacial score (nSPS) is 13.0. The predicted molar refractivity (Wildman–Crippen MR) is 117 cm³/mol. The number of benzene rings is 3.